The Kier molecular flexibility index (Phi) is 6.94. The zero-order chi connectivity index (χ0) is 20.8. The second kappa shape index (κ2) is 9.18. The first kappa shape index (κ1) is 21.2. The van der Waals surface area contributed by atoms with Gasteiger partial charge in [-0.25, -0.2) is 9.59 Å². The molecule has 0 saturated heterocycles. The Morgan fingerprint density at radius 3 is 2.36 bits per heavy atom. The van der Waals surface area contributed by atoms with Crippen LogP contribution in [0, 0.1) is 6.92 Å². The Morgan fingerprint density at radius 1 is 1.07 bits per heavy atom. The summed E-state index contributed by atoms with van der Waals surface area (Å²) in [5.74, 6) is -2.89. The summed E-state index contributed by atoms with van der Waals surface area (Å²) in [6, 6.07) is 6.22. The number of benzene rings is 1. The predicted octanol–water partition coefficient (Wildman–Crippen LogP) is 3.42. The van der Waals surface area contributed by atoms with Gasteiger partial charge >= 0.3 is 11.9 Å². The van der Waals surface area contributed by atoms with E-state index < -0.39 is 30.2 Å². The first-order valence-corrected chi connectivity index (χ1v) is 8.67. The monoisotopic (exact) mass is 407 g/mol. The highest BCUT2D eigenvalue weighted by atomic mass is 35.5. The van der Waals surface area contributed by atoms with Crippen molar-refractivity contribution in [3.8, 4) is 0 Å². The number of amides is 1. The standard InChI is InChI=1S/C19H18ClNO7/c1-4-26-19(25)16-15(10(2)22)11(3)28-17(16)21-14(23)9-27-18(24)12-7-5-6-8-13(12)20/h5-8H,4,9H2,1-3H3,(H,21,23). The molecule has 0 spiro atoms. The number of nitrogens with one attached hydrogen (secondary N) is 1. The maximum atomic E-state index is 12.2. The van der Waals surface area contributed by atoms with Crippen LogP contribution in [0.2, 0.25) is 5.02 Å². The fraction of sp³-hybridized carbons (Fsp3) is 0.263. The van der Waals surface area contributed by atoms with E-state index in [1.807, 2.05) is 0 Å². The van der Waals surface area contributed by atoms with Crippen molar-refractivity contribution in [1.29, 1.82) is 0 Å². The van der Waals surface area contributed by atoms with Crippen molar-refractivity contribution in [1.82, 2.24) is 0 Å². The van der Waals surface area contributed by atoms with Gasteiger partial charge in [0.1, 0.15) is 11.3 Å². The zero-order valence-electron chi connectivity index (χ0n) is 15.5. The van der Waals surface area contributed by atoms with E-state index in [4.69, 9.17) is 25.5 Å². The lowest BCUT2D eigenvalue weighted by molar-refractivity contribution is -0.119. The summed E-state index contributed by atoms with van der Waals surface area (Å²) in [7, 11) is 0. The van der Waals surface area contributed by atoms with E-state index in [0.717, 1.165) is 0 Å². The van der Waals surface area contributed by atoms with E-state index in [0.29, 0.717) is 0 Å². The lowest BCUT2D eigenvalue weighted by Crippen LogP contribution is -2.22. The second-order valence-corrected chi connectivity index (χ2v) is 6.03. The molecule has 1 N–H and O–H groups in total. The molecule has 0 saturated carbocycles. The summed E-state index contributed by atoms with van der Waals surface area (Å²) in [5.41, 5.74) is -0.0590. The van der Waals surface area contributed by atoms with Crippen LogP contribution >= 0.6 is 11.6 Å². The molecule has 1 heterocycles. The number of ether oxygens (including phenoxy) is 2. The minimum atomic E-state index is -0.812. The van der Waals surface area contributed by atoms with E-state index >= 15 is 0 Å². The van der Waals surface area contributed by atoms with Gasteiger partial charge in [0.25, 0.3) is 5.91 Å². The zero-order valence-corrected chi connectivity index (χ0v) is 16.2. The van der Waals surface area contributed by atoms with Crippen molar-refractivity contribution < 1.29 is 33.1 Å². The SMILES string of the molecule is CCOC(=O)c1c(NC(=O)COC(=O)c2ccccc2Cl)oc(C)c1C(C)=O. The molecule has 0 unspecified atom stereocenters. The number of furan rings is 1. The van der Waals surface area contributed by atoms with Crippen LogP contribution in [0.4, 0.5) is 5.88 Å². The van der Waals surface area contributed by atoms with Crippen LogP contribution in [-0.4, -0.2) is 36.8 Å². The molecule has 0 fully saturated rings. The molecular formula is C19H18ClNO7. The summed E-state index contributed by atoms with van der Waals surface area (Å²) in [6.07, 6.45) is 0. The highest BCUT2D eigenvalue weighted by molar-refractivity contribution is 6.33. The van der Waals surface area contributed by atoms with E-state index in [-0.39, 0.29) is 40.0 Å². The van der Waals surface area contributed by atoms with E-state index in [2.05, 4.69) is 5.32 Å². The van der Waals surface area contributed by atoms with Gasteiger partial charge in [0, 0.05) is 0 Å². The molecule has 8 nitrogen and oxygen atoms in total. The van der Waals surface area contributed by atoms with Gasteiger partial charge in [-0.3, -0.25) is 14.9 Å². The summed E-state index contributed by atoms with van der Waals surface area (Å²) >= 11 is 5.90. The number of esters is 2. The first-order chi connectivity index (χ1) is 13.3. The van der Waals surface area contributed by atoms with E-state index in [9.17, 15) is 19.2 Å². The molecule has 28 heavy (non-hydrogen) atoms. The Labute approximate surface area is 165 Å². The normalized spacial score (nSPS) is 10.3. The van der Waals surface area contributed by atoms with Crippen LogP contribution in [0.15, 0.2) is 28.7 Å². The Balaban J connectivity index is 2.14. The molecule has 0 atom stereocenters. The fourth-order valence-corrected chi connectivity index (χ4v) is 2.67. The summed E-state index contributed by atoms with van der Waals surface area (Å²) in [6.45, 7) is 3.76. The number of ketones is 1. The van der Waals surface area contributed by atoms with Gasteiger partial charge in [-0.15, -0.1) is 0 Å². The van der Waals surface area contributed by atoms with Crippen LogP contribution in [0.5, 0.6) is 0 Å². The van der Waals surface area contributed by atoms with Gasteiger partial charge < -0.3 is 13.9 Å². The summed E-state index contributed by atoms with van der Waals surface area (Å²) in [4.78, 5) is 48.2. The Bertz CT molecular complexity index is 932. The first-order valence-electron chi connectivity index (χ1n) is 8.29. The highest BCUT2D eigenvalue weighted by Crippen LogP contribution is 2.28. The summed E-state index contributed by atoms with van der Waals surface area (Å²) < 4.78 is 15.2. The number of carbonyl (C=O) groups is 4. The maximum absolute atomic E-state index is 12.2. The lowest BCUT2D eigenvalue weighted by atomic mass is 10.1. The molecule has 1 amide bonds. The van der Waals surface area contributed by atoms with E-state index in [1.165, 1.54) is 26.0 Å². The number of rotatable bonds is 7. The van der Waals surface area contributed by atoms with Crippen LogP contribution in [0.1, 0.15) is 50.7 Å². The average Bonchev–Trinajstić information content (AvgIpc) is 2.96. The smallest absolute Gasteiger partial charge is 0.344 e. The lowest BCUT2D eigenvalue weighted by Gasteiger charge is -2.07. The molecule has 2 rings (SSSR count). The third kappa shape index (κ3) is 4.77. The molecule has 9 heteroatoms. The number of hydrogen-bond acceptors (Lipinski definition) is 7. The quantitative estimate of drug-likeness (QED) is 0.552. The Hall–Kier alpha value is -3.13. The molecule has 2 aromatic rings. The molecule has 0 radical (unpaired) electrons. The minimum absolute atomic E-state index is 0.0156. The number of hydrogen-bond donors (Lipinski definition) is 1. The van der Waals surface area contributed by atoms with Crippen molar-refractivity contribution in [3.05, 3.63) is 51.7 Å². The van der Waals surface area contributed by atoms with Crippen molar-refractivity contribution in [3.63, 3.8) is 0 Å². The van der Waals surface area contributed by atoms with Gasteiger partial charge in [0.15, 0.2) is 12.4 Å². The third-order valence-electron chi connectivity index (χ3n) is 3.60. The largest absolute Gasteiger partial charge is 0.462 e. The molecule has 148 valence electrons. The van der Waals surface area contributed by atoms with Crippen molar-refractivity contribution in [2.24, 2.45) is 0 Å². The average molecular weight is 408 g/mol. The molecule has 0 bridgehead atoms. The van der Waals surface area contributed by atoms with Crippen LogP contribution in [-0.2, 0) is 14.3 Å². The van der Waals surface area contributed by atoms with Crippen molar-refractivity contribution in [2.75, 3.05) is 18.5 Å². The second-order valence-electron chi connectivity index (χ2n) is 5.62. The molecular weight excluding hydrogens is 390 g/mol. The van der Waals surface area contributed by atoms with Crippen LogP contribution in [0.3, 0.4) is 0 Å². The Morgan fingerprint density at radius 2 is 1.75 bits per heavy atom. The number of carbonyl (C=O) groups excluding carboxylic acids is 4. The summed E-state index contributed by atoms with van der Waals surface area (Å²) in [5, 5.41) is 2.50. The number of anilines is 1. The molecule has 0 aliphatic rings. The molecule has 0 aliphatic heterocycles. The van der Waals surface area contributed by atoms with Crippen LogP contribution < -0.4 is 5.32 Å². The third-order valence-corrected chi connectivity index (χ3v) is 3.93. The topological polar surface area (TPSA) is 112 Å². The van der Waals surface area contributed by atoms with Gasteiger partial charge in [0.05, 0.1) is 22.8 Å². The fourth-order valence-electron chi connectivity index (χ4n) is 2.45. The van der Waals surface area contributed by atoms with Crippen LogP contribution in [0.25, 0.3) is 0 Å². The van der Waals surface area contributed by atoms with Crippen molar-refractivity contribution in [2.45, 2.75) is 20.8 Å². The van der Waals surface area contributed by atoms with Gasteiger partial charge in [-0.05, 0) is 32.9 Å². The number of Topliss-reactive ketones (excluding diaryl/α,β-unsaturated/α-hetero) is 1. The number of aryl methyl sites for hydroxylation is 1. The minimum Gasteiger partial charge on any atom is -0.462 e. The molecule has 1 aromatic carbocycles. The predicted molar refractivity (Wildman–Crippen MR) is 99.8 cm³/mol. The van der Waals surface area contributed by atoms with E-state index in [1.54, 1.807) is 19.1 Å². The van der Waals surface area contributed by atoms with Gasteiger partial charge in [-0.2, -0.15) is 0 Å². The molecule has 0 aliphatic carbocycles. The van der Waals surface area contributed by atoms with Crippen molar-refractivity contribution >= 4 is 41.1 Å². The van der Waals surface area contributed by atoms with Gasteiger partial charge in [-0.1, -0.05) is 23.7 Å². The number of halogens is 1. The molecule has 1 aromatic heterocycles. The van der Waals surface area contributed by atoms with Gasteiger partial charge in [0.2, 0.25) is 5.88 Å². The maximum Gasteiger partial charge on any atom is 0.344 e. The highest BCUT2D eigenvalue weighted by Gasteiger charge is 2.29.